The van der Waals surface area contributed by atoms with Gasteiger partial charge in [0.05, 0.1) is 41.1 Å². The van der Waals surface area contributed by atoms with Crippen molar-refractivity contribution in [2.75, 3.05) is 18.4 Å². The van der Waals surface area contributed by atoms with E-state index in [9.17, 15) is 14.9 Å². The number of nitriles is 2. The number of anilines is 2. The molecule has 3 aromatic rings. The number of nitrogens with one attached hydrogen (secondary N) is 1. The van der Waals surface area contributed by atoms with Crippen LogP contribution >= 0.6 is 0 Å². The molecule has 0 aliphatic carbocycles. The predicted octanol–water partition coefficient (Wildman–Crippen LogP) is 5.90. The van der Waals surface area contributed by atoms with Crippen LogP contribution in [0.5, 0.6) is 11.6 Å². The van der Waals surface area contributed by atoms with Gasteiger partial charge in [-0.1, -0.05) is 0 Å². The molecule has 0 spiro atoms. The lowest BCUT2D eigenvalue weighted by Crippen LogP contribution is -2.50. The Morgan fingerprint density at radius 1 is 1.05 bits per heavy atom. The highest BCUT2D eigenvalue weighted by Crippen LogP contribution is 2.35. The number of urea groups is 1. The van der Waals surface area contributed by atoms with E-state index in [1.54, 1.807) is 62.1 Å². The highest BCUT2D eigenvalue weighted by atomic mass is 16.6. The maximum atomic E-state index is 13.8. The van der Waals surface area contributed by atoms with Gasteiger partial charge in [0.2, 0.25) is 11.8 Å². The number of hydrogen-bond acceptors (Lipinski definition) is 9. The Kier molecular flexibility index (Phi) is 9.39. The van der Waals surface area contributed by atoms with Crippen molar-refractivity contribution in [2.45, 2.75) is 73.1 Å². The van der Waals surface area contributed by atoms with Crippen molar-refractivity contribution in [1.29, 1.82) is 10.5 Å². The van der Waals surface area contributed by atoms with Crippen molar-refractivity contribution in [3.8, 4) is 23.8 Å². The van der Waals surface area contributed by atoms with Crippen molar-refractivity contribution in [3.05, 3.63) is 69.9 Å². The zero-order valence-electron chi connectivity index (χ0n) is 26.2. The van der Waals surface area contributed by atoms with Gasteiger partial charge in [-0.2, -0.15) is 15.5 Å². The summed E-state index contributed by atoms with van der Waals surface area (Å²) in [7, 11) is 0. The molecular weight excluding hydrogens is 558 g/mol. The summed E-state index contributed by atoms with van der Waals surface area (Å²) >= 11 is 0. The van der Waals surface area contributed by atoms with Crippen LogP contribution in [0, 0.1) is 36.5 Å². The highest BCUT2D eigenvalue weighted by molar-refractivity contribution is 5.81. The van der Waals surface area contributed by atoms with Crippen LogP contribution in [0.4, 0.5) is 16.4 Å². The van der Waals surface area contributed by atoms with E-state index in [1.165, 1.54) is 4.90 Å². The Morgan fingerprint density at radius 3 is 2.25 bits per heavy atom. The van der Waals surface area contributed by atoms with Gasteiger partial charge < -0.3 is 24.6 Å². The fraction of sp³-hybridized carbons (Fsp3) is 0.394. The van der Waals surface area contributed by atoms with Gasteiger partial charge in [0.1, 0.15) is 17.9 Å². The fourth-order valence-corrected chi connectivity index (χ4v) is 4.88. The molecule has 44 heavy (non-hydrogen) atoms. The van der Waals surface area contributed by atoms with Crippen LogP contribution < -0.4 is 10.1 Å². The molecule has 0 saturated carbocycles. The van der Waals surface area contributed by atoms with Gasteiger partial charge in [0, 0.05) is 24.7 Å². The molecule has 0 unspecified atom stereocenters. The standard InChI is InChI=1S/C33H37N7O4/c1-20(2)40(19-28(41)44-33(5,6)7)32(42)39-13-12-27-26(18-39)30(43-29-21(3)14-24(17-35)15-22(29)4)38-31(37-27)36-25-10-8-23(16-34)9-11-25/h8-11,14-15,20H,12-13,18-19H2,1-7H3,(H,36,37,38). The van der Waals surface area contributed by atoms with Gasteiger partial charge in [0.15, 0.2) is 0 Å². The lowest BCUT2D eigenvalue weighted by Gasteiger charge is -2.36. The Hall–Kier alpha value is -5.16. The maximum absolute atomic E-state index is 13.8. The zero-order chi connectivity index (χ0) is 32.2. The number of esters is 1. The molecule has 0 atom stereocenters. The Morgan fingerprint density at radius 2 is 1.68 bits per heavy atom. The SMILES string of the molecule is Cc1cc(C#N)cc(C)c1Oc1nc(Nc2ccc(C#N)cc2)nc2c1CN(C(=O)N(CC(=O)OC(C)(C)C)C(C)C)CC2. The quantitative estimate of drug-likeness (QED) is 0.330. The number of fused-ring (bicyclic) bond motifs is 1. The first-order valence-corrected chi connectivity index (χ1v) is 14.4. The third-order valence-electron chi connectivity index (χ3n) is 6.94. The summed E-state index contributed by atoms with van der Waals surface area (Å²) in [5, 5.41) is 21.7. The molecule has 11 nitrogen and oxygen atoms in total. The number of benzene rings is 2. The molecule has 0 radical (unpaired) electrons. The van der Waals surface area contributed by atoms with Crippen LogP contribution in [0.2, 0.25) is 0 Å². The summed E-state index contributed by atoms with van der Waals surface area (Å²) in [5.74, 6) is 0.671. The molecule has 1 aliphatic heterocycles. The first-order valence-electron chi connectivity index (χ1n) is 14.4. The summed E-state index contributed by atoms with van der Waals surface area (Å²) in [6.07, 6.45) is 0.436. The molecular formula is C33H37N7O4. The van der Waals surface area contributed by atoms with Gasteiger partial charge in [-0.15, -0.1) is 0 Å². The third-order valence-corrected chi connectivity index (χ3v) is 6.94. The van der Waals surface area contributed by atoms with E-state index < -0.39 is 11.6 Å². The van der Waals surface area contributed by atoms with Crippen LogP contribution in [0.15, 0.2) is 36.4 Å². The lowest BCUT2D eigenvalue weighted by molar-refractivity contribution is -0.155. The highest BCUT2D eigenvalue weighted by Gasteiger charge is 2.32. The average Bonchev–Trinajstić information content (AvgIpc) is 2.96. The molecule has 2 aromatic carbocycles. The van der Waals surface area contributed by atoms with Gasteiger partial charge in [-0.25, -0.2) is 9.78 Å². The number of aromatic nitrogens is 2. The summed E-state index contributed by atoms with van der Waals surface area (Å²) < 4.78 is 11.9. The van der Waals surface area contributed by atoms with Crippen LogP contribution in [0.1, 0.15) is 68.1 Å². The van der Waals surface area contributed by atoms with Gasteiger partial charge in [0.25, 0.3) is 0 Å². The molecule has 0 bridgehead atoms. The number of ether oxygens (including phenoxy) is 2. The zero-order valence-corrected chi connectivity index (χ0v) is 26.2. The molecule has 1 N–H and O–H groups in total. The van der Waals surface area contributed by atoms with Crippen molar-refractivity contribution >= 4 is 23.6 Å². The van der Waals surface area contributed by atoms with Crippen LogP contribution in [-0.2, 0) is 22.5 Å². The first-order chi connectivity index (χ1) is 20.8. The second-order valence-corrected chi connectivity index (χ2v) is 12.0. The topological polar surface area (TPSA) is 144 Å². The van der Waals surface area contributed by atoms with E-state index >= 15 is 0 Å². The molecule has 0 saturated heterocycles. The molecule has 228 valence electrons. The largest absolute Gasteiger partial charge is 0.459 e. The third kappa shape index (κ3) is 7.61. The molecule has 4 rings (SSSR count). The van der Waals surface area contributed by atoms with E-state index in [-0.39, 0.29) is 31.0 Å². The van der Waals surface area contributed by atoms with E-state index in [1.807, 2.05) is 27.7 Å². The van der Waals surface area contributed by atoms with E-state index in [0.29, 0.717) is 47.0 Å². The molecule has 2 heterocycles. The van der Waals surface area contributed by atoms with Crippen LogP contribution in [-0.4, -0.2) is 56.5 Å². The number of aryl methyl sites for hydroxylation is 2. The van der Waals surface area contributed by atoms with Crippen molar-refractivity contribution in [2.24, 2.45) is 0 Å². The lowest BCUT2D eigenvalue weighted by atomic mass is 10.1. The number of carbonyl (C=O) groups is 2. The molecule has 2 amide bonds. The summed E-state index contributed by atoms with van der Waals surface area (Å²) in [6.45, 7) is 13.2. The number of nitrogens with zero attached hydrogens (tertiary/aromatic N) is 6. The van der Waals surface area contributed by atoms with Gasteiger partial charge >= 0.3 is 12.0 Å². The number of amides is 2. The van der Waals surface area contributed by atoms with Gasteiger partial charge in [-0.3, -0.25) is 4.79 Å². The van der Waals surface area contributed by atoms with Crippen molar-refractivity contribution in [1.82, 2.24) is 19.8 Å². The number of hydrogen-bond donors (Lipinski definition) is 1. The molecule has 11 heteroatoms. The Balaban J connectivity index is 1.68. The normalized spacial score (nSPS) is 12.5. The van der Waals surface area contributed by atoms with E-state index in [4.69, 9.17) is 24.7 Å². The fourth-order valence-electron chi connectivity index (χ4n) is 4.88. The van der Waals surface area contributed by atoms with E-state index in [2.05, 4.69) is 17.5 Å². The monoisotopic (exact) mass is 595 g/mol. The number of rotatable bonds is 7. The minimum absolute atomic E-state index is 0.173. The predicted molar refractivity (Wildman–Crippen MR) is 164 cm³/mol. The van der Waals surface area contributed by atoms with Crippen molar-refractivity contribution < 1.29 is 19.1 Å². The summed E-state index contributed by atoms with van der Waals surface area (Å²) in [6, 6.07) is 14.1. The van der Waals surface area contributed by atoms with Crippen LogP contribution in [0.25, 0.3) is 0 Å². The van der Waals surface area contributed by atoms with Crippen LogP contribution in [0.3, 0.4) is 0 Å². The smallest absolute Gasteiger partial charge is 0.326 e. The number of carbonyl (C=O) groups excluding carboxylic acids is 2. The molecule has 1 aliphatic rings. The second-order valence-electron chi connectivity index (χ2n) is 12.0. The minimum atomic E-state index is -0.665. The maximum Gasteiger partial charge on any atom is 0.326 e. The second kappa shape index (κ2) is 13.0. The average molecular weight is 596 g/mol. The minimum Gasteiger partial charge on any atom is -0.459 e. The molecule has 0 fully saturated rings. The summed E-state index contributed by atoms with van der Waals surface area (Å²) in [5.41, 5.74) is 4.00. The van der Waals surface area contributed by atoms with Gasteiger partial charge in [-0.05, 0) is 96.0 Å². The summed E-state index contributed by atoms with van der Waals surface area (Å²) in [4.78, 5) is 39.0. The molecule has 1 aromatic heterocycles. The van der Waals surface area contributed by atoms with Crippen molar-refractivity contribution in [3.63, 3.8) is 0 Å². The first kappa shape index (κ1) is 31.8. The Labute approximate surface area is 258 Å². The van der Waals surface area contributed by atoms with E-state index in [0.717, 1.165) is 16.8 Å². The Bertz CT molecular complexity index is 1620.